The van der Waals surface area contributed by atoms with E-state index in [0.29, 0.717) is 0 Å². The fourth-order valence-electron chi connectivity index (χ4n) is 1.22. The summed E-state index contributed by atoms with van der Waals surface area (Å²) >= 11 is 0. The molecule has 1 aromatic rings. The second-order valence-corrected chi connectivity index (χ2v) is 5.78. The van der Waals surface area contributed by atoms with Gasteiger partial charge in [0, 0.05) is 0 Å². The summed E-state index contributed by atoms with van der Waals surface area (Å²) in [7, 11) is -3.82. The number of hydrogen-bond acceptors (Lipinski definition) is 4. The molecule has 0 aromatic heterocycles. The van der Waals surface area contributed by atoms with Crippen LogP contribution in [0.4, 0.5) is 4.39 Å². The molecule has 0 aliphatic rings. The molecule has 102 valence electrons. The van der Waals surface area contributed by atoms with Crippen molar-refractivity contribution in [3.05, 3.63) is 30.1 Å². The molecule has 0 saturated carbocycles. The van der Waals surface area contributed by atoms with Crippen LogP contribution in [0.3, 0.4) is 0 Å². The largest absolute Gasteiger partial charge is 0.530 e. The number of phosphoric acid groups is 1. The van der Waals surface area contributed by atoms with Crippen molar-refractivity contribution in [3.63, 3.8) is 0 Å². The van der Waals surface area contributed by atoms with Crippen molar-refractivity contribution < 1.29 is 22.5 Å². The molecule has 6 heteroatoms. The number of hydrogen-bond donors (Lipinski definition) is 0. The first kappa shape index (κ1) is 15.2. The lowest BCUT2D eigenvalue weighted by molar-refractivity contribution is 0.102. The van der Waals surface area contributed by atoms with Crippen LogP contribution in [0.2, 0.25) is 0 Å². The summed E-state index contributed by atoms with van der Waals surface area (Å²) in [4.78, 5) is 0. The highest BCUT2D eigenvalue weighted by Gasteiger charge is 2.32. The second kappa shape index (κ2) is 6.32. The zero-order valence-electron chi connectivity index (χ0n) is 10.9. The number of benzene rings is 1. The monoisotopic (exact) mass is 276 g/mol. The Bertz CT molecular complexity index is 420. The zero-order valence-corrected chi connectivity index (χ0v) is 11.8. The summed E-state index contributed by atoms with van der Waals surface area (Å²) in [6.45, 7) is 6.78. The van der Waals surface area contributed by atoms with Gasteiger partial charge in [-0.2, -0.15) is 0 Å². The van der Waals surface area contributed by atoms with E-state index in [4.69, 9.17) is 13.6 Å². The Kier molecular flexibility index (Phi) is 5.32. The van der Waals surface area contributed by atoms with Crippen molar-refractivity contribution in [2.75, 3.05) is 0 Å². The normalized spacial score (nSPS) is 12.2. The first-order valence-corrected chi connectivity index (χ1v) is 7.19. The van der Waals surface area contributed by atoms with Gasteiger partial charge in [-0.15, -0.1) is 0 Å². The lowest BCUT2D eigenvalue weighted by Gasteiger charge is -2.22. The second-order valence-electron chi connectivity index (χ2n) is 4.28. The highest BCUT2D eigenvalue weighted by molar-refractivity contribution is 7.49. The number of halogens is 1. The Morgan fingerprint density at radius 3 is 2.00 bits per heavy atom. The van der Waals surface area contributed by atoms with E-state index >= 15 is 0 Å². The molecule has 0 spiro atoms. The van der Waals surface area contributed by atoms with Gasteiger partial charge >= 0.3 is 7.82 Å². The molecule has 0 amide bonds. The molecule has 0 unspecified atom stereocenters. The van der Waals surface area contributed by atoms with Crippen molar-refractivity contribution in [2.45, 2.75) is 39.9 Å². The Morgan fingerprint density at radius 2 is 1.56 bits per heavy atom. The first-order chi connectivity index (χ1) is 8.32. The van der Waals surface area contributed by atoms with Gasteiger partial charge in [-0.3, -0.25) is 9.05 Å². The van der Waals surface area contributed by atoms with Gasteiger partial charge in [-0.25, -0.2) is 8.96 Å². The van der Waals surface area contributed by atoms with Crippen LogP contribution >= 0.6 is 7.82 Å². The number of phosphoric ester groups is 1. The van der Waals surface area contributed by atoms with E-state index in [9.17, 15) is 8.96 Å². The zero-order chi connectivity index (χ0) is 13.8. The molecule has 18 heavy (non-hydrogen) atoms. The highest BCUT2D eigenvalue weighted by atomic mass is 31.2. The molecule has 0 radical (unpaired) electrons. The minimum absolute atomic E-state index is 0.151. The average molecular weight is 276 g/mol. The van der Waals surface area contributed by atoms with E-state index in [1.807, 2.05) is 0 Å². The summed E-state index contributed by atoms with van der Waals surface area (Å²) in [6, 6.07) is 5.67. The van der Waals surface area contributed by atoms with Crippen molar-refractivity contribution in [3.8, 4) is 5.75 Å². The summed E-state index contributed by atoms with van der Waals surface area (Å²) in [5, 5.41) is 0. The van der Waals surface area contributed by atoms with Crippen LogP contribution in [0.5, 0.6) is 5.75 Å². The van der Waals surface area contributed by atoms with Crippen LogP contribution < -0.4 is 4.52 Å². The molecule has 1 rings (SSSR count). The van der Waals surface area contributed by atoms with Gasteiger partial charge in [-0.05, 0) is 39.8 Å². The third-order valence-corrected chi connectivity index (χ3v) is 3.51. The minimum Gasteiger partial charge on any atom is -0.401 e. The summed E-state index contributed by atoms with van der Waals surface area (Å²) in [6.07, 6.45) is -0.720. The first-order valence-electron chi connectivity index (χ1n) is 5.73. The molecule has 1 aromatic carbocycles. The predicted molar refractivity (Wildman–Crippen MR) is 67.1 cm³/mol. The maximum atomic E-state index is 13.4. The summed E-state index contributed by atoms with van der Waals surface area (Å²) in [5.41, 5.74) is 0. The van der Waals surface area contributed by atoms with E-state index in [1.54, 1.807) is 33.8 Å². The smallest absolute Gasteiger partial charge is 0.401 e. The number of para-hydroxylation sites is 1. The predicted octanol–water partition coefficient (Wildman–Crippen LogP) is 4.16. The fourth-order valence-corrected chi connectivity index (χ4v) is 2.78. The van der Waals surface area contributed by atoms with Gasteiger partial charge in [0.2, 0.25) is 0 Å². The standard InChI is InChI=1S/C12H18FO4P/c1-9(2)15-18(14,16-10(3)4)17-12-8-6-5-7-11(12)13/h5-10H,1-4H3. The molecule has 0 aliphatic heterocycles. The third-order valence-electron chi connectivity index (χ3n) is 1.73. The Balaban J connectivity index is 2.91. The van der Waals surface area contributed by atoms with Gasteiger partial charge in [0.25, 0.3) is 0 Å². The maximum Gasteiger partial charge on any atom is 0.530 e. The van der Waals surface area contributed by atoms with E-state index in [2.05, 4.69) is 0 Å². The van der Waals surface area contributed by atoms with Crippen molar-refractivity contribution in [2.24, 2.45) is 0 Å². The molecule has 0 saturated heterocycles. The molecule has 0 heterocycles. The topological polar surface area (TPSA) is 44.8 Å². The lowest BCUT2D eigenvalue weighted by atomic mass is 10.3. The van der Waals surface area contributed by atoms with Crippen LogP contribution in [0, 0.1) is 5.82 Å². The Morgan fingerprint density at radius 1 is 1.06 bits per heavy atom. The minimum atomic E-state index is -3.82. The Hall–Kier alpha value is -0.900. The van der Waals surface area contributed by atoms with E-state index in [-0.39, 0.29) is 18.0 Å². The third kappa shape index (κ3) is 4.77. The molecule has 4 nitrogen and oxygen atoms in total. The van der Waals surface area contributed by atoms with Gasteiger partial charge in [0.05, 0.1) is 12.2 Å². The van der Waals surface area contributed by atoms with Gasteiger partial charge < -0.3 is 4.52 Å². The summed E-state index contributed by atoms with van der Waals surface area (Å²) in [5.74, 6) is -0.764. The van der Waals surface area contributed by atoms with Crippen LogP contribution in [-0.4, -0.2) is 12.2 Å². The van der Waals surface area contributed by atoms with Crippen LogP contribution in [0.25, 0.3) is 0 Å². The molecular weight excluding hydrogens is 258 g/mol. The van der Waals surface area contributed by atoms with Gasteiger partial charge in [0.1, 0.15) is 0 Å². The molecule has 0 fully saturated rings. The summed E-state index contributed by atoms with van der Waals surface area (Å²) < 4.78 is 41.2. The number of rotatable bonds is 6. The van der Waals surface area contributed by atoms with Crippen LogP contribution in [0.1, 0.15) is 27.7 Å². The van der Waals surface area contributed by atoms with E-state index < -0.39 is 13.6 Å². The SMILES string of the molecule is CC(C)OP(=O)(Oc1ccccc1F)OC(C)C. The quantitative estimate of drug-likeness (QED) is 0.732. The van der Waals surface area contributed by atoms with E-state index in [0.717, 1.165) is 0 Å². The maximum absolute atomic E-state index is 13.4. The lowest BCUT2D eigenvalue weighted by Crippen LogP contribution is -2.12. The molecule has 0 aliphatic carbocycles. The molecule has 0 atom stereocenters. The Labute approximate surface area is 107 Å². The highest BCUT2D eigenvalue weighted by Crippen LogP contribution is 2.51. The van der Waals surface area contributed by atoms with Crippen molar-refractivity contribution in [1.82, 2.24) is 0 Å². The van der Waals surface area contributed by atoms with Crippen LogP contribution in [0.15, 0.2) is 24.3 Å². The molecule has 0 N–H and O–H groups in total. The van der Waals surface area contributed by atoms with E-state index in [1.165, 1.54) is 18.2 Å². The molecule has 0 bridgehead atoms. The van der Waals surface area contributed by atoms with Gasteiger partial charge in [-0.1, -0.05) is 12.1 Å². The van der Waals surface area contributed by atoms with Crippen LogP contribution in [-0.2, 0) is 13.6 Å². The van der Waals surface area contributed by atoms with Crippen molar-refractivity contribution >= 4 is 7.82 Å². The molecular formula is C12H18FO4P. The van der Waals surface area contributed by atoms with Crippen molar-refractivity contribution in [1.29, 1.82) is 0 Å². The van der Waals surface area contributed by atoms with Gasteiger partial charge in [0.15, 0.2) is 11.6 Å². The fraction of sp³-hybridized carbons (Fsp3) is 0.500. The average Bonchev–Trinajstić information content (AvgIpc) is 2.18.